The highest BCUT2D eigenvalue weighted by Gasteiger charge is 2.52. The summed E-state index contributed by atoms with van der Waals surface area (Å²) in [6.45, 7) is 0. The number of aromatic nitrogens is 4. The van der Waals surface area contributed by atoms with Gasteiger partial charge in [-0.15, -0.1) is 0 Å². The van der Waals surface area contributed by atoms with Crippen molar-refractivity contribution in [3.8, 4) is 6.07 Å². The number of hydrogen-bond donors (Lipinski definition) is 3. The van der Waals surface area contributed by atoms with Crippen molar-refractivity contribution in [2.45, 2.75) is 88.6 Å². The summed E-state index contributed by atoms with van der Waals surface area (Å²) in [7, 11) is 0. The number of nitriles is 1. The van der Waals surface area contributed by atoms with Crippen LogP contribution in [0, 0.1) is 22.7 Å². The van der Waals surface area contributed by atoms with Gasteiger partial charge in [0.15, 0.2) is 0 Å². The number of imidazole rings is 1. The quantitative estimate of drug-likeness (QED) is 0.485. The predicted molar refractivity (Wildman–Crippen MR) is 135 cm³/mol. The molecule has 4 aliphatic rings. The van der Waals surface area contributed by atoms with Gasteiger partial charge in [-0.05, 0) is 76.2 Å². The molecule has 0 atom stereocenters. The molecule has 2 bridgehead atoms. The Kier molecular flexibility index (Phi) is 5.51. The Balaban J connectivity index is 1.28. The Hall–Kier alpha value is -3.41. The van der Waals surface area contributed by atoms with Gasteiger partial charge < -0.3 is 20.6 Å². The number of nitrogens with one attached hydrogen (secondary N) is 2. The van der Waals surface area contributed by atoms with E-state index < -0.39 is 0 Å². The molecule has 4 aliphatic carbocycles. The molecule has 9 heteroatoms. The van der Waals surface area contributed by atoms with Crippen LogP contribution in [0.25, 0.3) is 22.1 Å². The maximum Gasteiger partial charge on any atom is 0.228 e. The number of H-pyrrole nitrogens is 1. The van der Waals surface area contributed by atoms with E-state index in [-0.39, 0.29) is 35.2 Å². The summed E-state index contributed by atoms with van der Waals surface area (Å²) in [5.41, 5.74) is 7.75. The molecule has 4 N–H and O–H groups in total. The van der Waals surface area contributed by atoms with Crippen molar-refractivity contribution in [2.75, 3.05) is 0 Å². The first-order valence-electron chi connectivity index (χ1n) is 13.2. The van der Waals surface area contributed by atoms with Crippen LogP contribution in [0.2, 0.25) is 0 Å². The van der Waals surface area contributed by atoms with Crippen LogP contribution in [0.5, 0.6) is 0 Å². The SMILES string of the molecule is N#CC[C@H]1CC[C@H](n2c(CC(=O)NC34CCC(C(N)=O)(CC3)CC4)nc3cnc4[nH]ccc4c32)CC1. The number of carbonyl (C=O) groups excluding carboxylic acids is 2. The second kappa shape index (κ2) is 8.61. The number of rotatable bonds is 6. The summed E-state index contributed by atoms with van der Waals surface area (Å²) in [5.74, 6) is 1.02. The number of carbonyl (C=O) groups is 2. The number of fused-ring (bicyclic) bond motifs is 6. The lowest BCUT2D eigenvalue weighted by Crippen LogP contribution is -2.59. The van der Waals surface area contributed by atoms with Crippen LogP contribution in [-0.4, -0.2) is 36.9 Å². The van der Waals surface area contributed by atoms with Gasteiger partial charge in [-0.25, -0.2) is 9.97 Å². The molecule has 0 aromatic carbocycles. The van der Waals surface area contributed by atoms with Gasteiger partial charge in [0, 0.05) is 35.0 Å². The summed E-state index contributed by atoms with van der Waals surface area (Å²) in [6.07, 6.45) is 13.1. The van der Waals surface area contributed by atoms with Crippen LogP contribution in [0.4, 0.5) is 0 Å². The van der Waals surface area contributed by atoms with Gasteiger partial charge >= 0.3 is 0 Å². The van der Waals surface area contributed by atoms with Crippen molar-refractivity contribution in [3.63, 3.8) is 0 Å². The summed E-state index contributed by atoms with van der Waals surface area (Å²) in [6, 6.07) is 4.60. The lowest BCUT2D eigenvalue weighted by Gasteiger charge is -2.52. The van der Waals surface area contributed by atoms with Crippen molar-refractivity contribution < 1.29 is 9.59 Å². The Morgan fingerprint density at radius 3 is 2.56 bits per heavy atom. The zero-order valence-electron chi connectivity index (χ0n) is 20.6. The monoisotopic (exact) mass is 487 g/mol. The second-order valence-electron chi connectivity index (χ2n) is 11.3. The Morgan fingerprint density at radius 1 is 1.17 bits per heavy atom. The van der Waals surface area contributed by atoms with Gasteiger partial charge in [0.25, 0.3) is 0 Å². The van der Waals surface area contributed by atoms with Crippen LogP contribution >= 0.6 is 0 Å². The number of nitrogens with two attached hydrogens (primary N) is 1. The molecule has 9 nitrogen and oxygen atoms in total. The molecule has 3 heterocycles. The molecule has 0 unspecified atom stereocenters. The average molecular weight is 488 g/mol. The Labute approximate surface area is 209 Å². The van der Waals surface area contributed by atoms with Gasteiger partial charge in [0.2, 0.25) is 11.8 Å². The first-order valence-corrected chi connectivity index (χ1v) is 13.2. The maximum absolute atomic E-state index is 13.4. The molecule has 4 saturated carbocycles. The third kappa shape index (κ3) is 3.74. The number of amides is 2. The molecule has 0 saturated heterocycles. The van der Waals surface area contributed by atoms with Crippen LogP contribution in [0.15, 0.2) is 18.5 Å². The number of primary amides is 1. The Morgan fingerprint density at radius 2 is 1.89 bits per heavy atom. The molecule has 3 aromatic rings. The molecule has 0 radical (unpaired) electrons. The predicted octanol–water partition coefficient (Wildman–Crippen LogP) is 3.79. The number of hydrogen-bond acceptors (Lipinski definition) is 5. The summed E-state index contributed by atoms with van der Waals surface area (Å²) in [4.78, 5) is 38.1. The lowest BCUT2D eigenvalue weighted by molar-refractivity contribution is -0.136. The number of aromatic amines is 1. The van der Waals surface area contributed by atoms with Gasteiger partial charge in [-0.3, -0.25) is 9.59 Å². The number of pyridine rings is 1. The zero-order valence-corrected chi connectivity index (χ0v) is 20.6. The molecule has 2 amide bonds. The standard InChI is InChI=1S/C27H33N7O2/c28-13-5-17-1-3-18(4-2-17)34-21(32-20-16-31-24-19(23(20)34)6-14-30-24)15-22(35)33-27-10-7-26(8-11-27,9-12-27)25(29)36/h6,14,16-18H,1-5,7-12,15H2,(H2,29,36)(H,30,31)(H,33,35)/t17-,18-,26?,27?. The van der Waals surface area contributed by atoms with E-state index in [0.29, 0.717) is 12.3 Å². The highest BCUT2D eigenvalue weighted by atomic mass is 16.2. The van der Waals surface area contributed by atoms with Crippen molar-refractivity contribution in [2.24, 2.45) is 17.1 Å². The third-order valence-electron chi connectivity index (χ3n) is 9.36. The second-order valence-corrected chi connectivity index (χ2v) is 11.3. The minimum Gasteiger partial charge on any atom is -0.369 e. The van der Waals surface area contributed by atoms with Crippen molar-refractivity contribution in [3.05, 3.63) is 24.3 Å². The summed E-state index contributed by atoms with van der Waals surface area (Å²) in [5, 5.41) is 13.5. The van der Waals surface area contributed by atoms with E-state index in [1.807, 2.05) is 12.3 Å². The zero-order chi connectivity index (χ0) is 24.9. The summed E-state index contributed by atoms with van der Waals surface area (Å²) >= 11 is 0. The van der Waals surface area contributed by atoms with Crippen LogP contribution in [0.1, 0.15) is 82.5 Å². The van der Waals surface area contributed by atoms with Crippen molar-refractivity contribution >= 4 is 33.9 Å². The highest BCUT2D eigenvalue weighted by molar-refractivity contribution is 6.01. The minimum atomic E-state index is -0.375. The number of nitrogens with zero attached hydrogens (tertiary/aromatic N) is 4. The van der Waals surface area contributed by atoms with E-state index in [1.165, 1.54) is 0 Å². The fraction of sp³-hybridized carbons (Fsp3) is 0.593. The molecule has 0 aliphatic heterocycles. The van der Waals surface area contributed by atoms with E-state index in [0.717, 1.165) is 92.1 Å². The van der Waals surface area contributed by atoms with E-state index in [1.54, 1.807) is 6.20 Å². The van der Waals surface area contributed by atoms with Crippen molar-refractivity contribution in [1.82, 2.24) is 24.8 Å². The van der Waals surface area contributed by atoms with Gasteiger partial charge in [-0.1, -0.05) is 0 Å². The lowest BCUT2D eigenvalue weighted by atomic mass is 9.57. The van der Waals surface area contributed by atoms with Crippen LogP contribution in [0.3, 0.4) is 0 Å². The van der Waals surface area contributed by atoms with Gasteiger partial charge in [0.1, 0.15) is 17.0 Å². The van der Waals surface area contributed by atoms with Crippen LogP contribution in [-0.2, 0) is 16.0 Å². The van der Waals surface area contributed by atoms with E-state index in [4.69, 9.17) is 16.0 Å². The normalized spacial score (nSPS) is 29.9. The first kappa shape index (κ1) is 23.0. The topological polar surface area (TPSA) is 142 Å². The molecular weight excluding hydrogens is 454 g/mol. The molecule has 36 heavy (non-hydrogen) atoms. The largest absolute Gasteiger partial charge is 0.369 e. The Bertz CT molecular complexity index is 1350. The van der Waals surface area contributed by atoms with E-state index in [9.17, 15) is 9.59 Å². The first-order chi connectivity index (χ1) is 17.4. The maximum atomic E-state index is 13.4. The van der Waals surface area contributed by atoms with Crippen molar-refractivity contribution in [1.29, 1.82) is 5.26 Å². The fourth-order valence-corrected chi connectivity index (χ4v) is 7.12. The molecule has 188 valence electrons. The molecular formula is C27H33N7O2. The van der Waals surface area contributed by atoms with Crippen LogP contribution < -0.4 is 11.1 Å². The molecule has 3 aromatic heterocycles. The van der Waals surface area contributed by atoms with Gasteiger partial charge in [-0.2, -0.15) is 5.26 Å². The molecule has 7 rings (SSSR count). The van der Waals surface area contributed by atoms with E-state index in [2.05, 4.69) is 25.9 Å². The highest BCUT2D eigenvalue weighted by Crippen LogP contribution is 2.52. The fourth-order valence-electron chi connectivity index (χ4n) is 7.12. The third-order valence-corrected chi connectivity index (χ3v) is 9.36. The smallest absolute Gasteiger partial charge is 0.228 e. The average Bonchev–Trinajstić information content (AvgIpc) is 3.49. The molecule has 4 fully saturated rings. The van der Waals surface area contributed by atoms with E-state index >= 15 is 0 Å². The minimum absolute atomic E-state index is 0.0172. The van der Waals surface area contributed by atoms with Gasteiger partial charge in [0.05, 0.1) is 24.2 Å². The molecule has 0 spiro atoms. The summed E-state index contributed by atoms with van der Waals surface area (Å²) < 4.78 is 2.28.